The SMILES string of the molecule is C[C@H](Nc1nc(Cl)nn2c([C@@H]3O[C@H](C(CO)COP(=O)(O)O)[C@@H](O)[C@H]3O)ccc12)c1ccccc1F. The normalized spacial score (nSPS) is 24.2. The van der Waals surface area contributed by atoms with E-state index >= 15 is 0 Å². The maximum absolute atomic E-state index is 14.2. The smallest absolute Gasteiger partial charge is 0.396 e. The van der Waals surface area contributed by atoms with E-state index in [0.29, 0.717) is 11.1 Å². The third-order valence-electron chi connectivity index (χ3n) is 5.99. The summed E-state index contributed by atoms with van der Waals surface area (Å²) in [5.41, 5.74) is 1.12. The van der Waals surface area contributed by atoms with E-state index in [1.54, 1.807) is 37.3 Å². The highest BCUT2D eigenvalue weighted by Crippen LogP contribution is 2.41. The largest absolute Gasteiger partial charge is 0.469 e. The first-order valence-electron chi connectivity index (χ1n) is 10.9. The topological polar surface area (TPSA) is 179 Å². The summed E-state index contributed by atoms with van der Waals surface area (Å²) in [6.45, 7) is 0.493. The van der Waals surface area contributed by atoms with Gasteiger partial charge in [-0.1, -0.05) is 18.2 Å². The number of halogens is 2. The molecule has 1 saturated heterocycles. The Balaban J connectivity index is 1.62. The number of fused-ring (bicyclic) bond motifs is 1. The van der Waals surface area contributed by atoms with Gasteiger partial charge in [0.2, 0.25) is 5.28 Å². The van der Waals surface area contributed by atoms with Gasteiger partial charge in [0.15, 0.2) is 5.82 Å². The third-order valence-corrected chi connectivity index (χ3v) is 6.63. The molecule has 6 N–H and O–H groups in total. The molecule has 4 rings (SSSR count). The van der Waals surface area contributed by atoms with Gasteiger partial charge in [-0.25, -0.2) is 13.5 Å². The Morgan fingerprint density at radius 1 is 1.25 bits per heavy atom. The van der Waals surface area contributed by atoms with Gasteiger partial charge in [0.05, 0.1) is 31.1 Å². The first kappa shape index (κ1) is 26.9. The maximum Gasteiger partial charge on any atom is 0.469 e. The summed E-state index contributed by atoms with van der Waals surface area (Å²) in [5, 5.41) is 38.0. The van der Waals surface area contributed by atoms with Crippen molar-refractivity contribution in [1.29, 1.82) is 0 Å². The lowest BCUT2D eigenvalue weighted by Gasteiger charge is -2.23. The number of nitrogens with zero attached hydrogens (tertiary/aromatic N) is 3. The zero-order valence-corrected chi connectivity index (χ0v) is 20.5. The van der Waals surface area contributed by atoms with Crippen LogP contribution in [0.2, 0.25) is 5.28 Å². The Morgan fingerprint density at radius 3 is 2.64 bits per heavy atom. The molecule has 0 saturated carbocycles. The average Bonchev–Trinajstić information content (AvgIpc) is 3.35. The number of aromatic nitrogens is 3. The molecule has 2 aromatic heterocycles. The molecule has 3 aromatic rings. The number of phosphoric ester groups is 1. The highest BCUT2D eigenvalue weighted by atomic mass is 35.5. The minimum atomic E-state index is -4.83. The number of aliphatic hydroxyl groups excluding tert-OH is 3. The zero-order chi connectivity index (χ0) is 26.2. The van der Waals surface area contributed by atoms with Crippen LogP contribution in [0.25, 0.3) is 5.52 Å². The van der Waals surface area contributed by atoms with E-state index in [4.69, 9.17) is 26.1 Å². The highest BCUT2D eigenvalue weighted by molar-refractivity contribution is 7.46. The molecule has 1 aromatic carbocycles. The van der Waals surface area contributed by atoms with Crippen LogP contribution >= 0.6 is 19.4 Å². The van der Waals surface area contributed by atoms with Crippen molar-refractivity contribution in [2.24, 2.45) is 5.92 Å². The van der Waals surface area contributed by atoms with Gasteiger partial charge < -0.3 is 35.2 Å². The predicted molar refractivity (Wildman–Crippen MR) is 125 cm³/mol. The molecule has 0 amide bonds. The van der Waals surface area contributed by atoms with E-state index in [9.17, 15) is 24.3 Å². The molecule has 12 nitrogen and oxygen atoms in total. The maximum atomic E-state index is 14.2. The zero-order valence-electron chi connectivity index (χ0n) is 18.8. The number of rotatable bonds is 9. The van der Waals surface area contributed by atoms with Gasteiger partial charge >= 0.3 is 7.82 Å². The number of benzene rings is 1. The molecular weight excluding hydrogens is 522 g/mol. The van der Waals surface area contributed by atoms with E-state index in [2.05, 4.69) is 19.9 Å². The molecule has 0 aliphatic carbocycles. The molecule has 0 radical (unpaired) electrons. The number of ether oxygens (including phenoxy) is 1. The number of phosphoric acid groups is 1. The summed E-state index contributed by atoms with van der Waals surface area (Å²) in [4.78, 5) is 22.1. The minimum Gasteiger partial charge on any atom is -0.396 e. The third kappa shape index (κ3) is 5.54. The number of hydrogen-bond donors (Lipinski definition) is 6. The Bertz CT molecular complexity index is 1280. The summed E-state index contributed by atoms with van der Waals surface area (Å²) in [7, 11) is -4.83. The number of aliphatic hydroxyl groups is 3. The Morgan fingerprint density at radius 2 is 1.97 bits per heavy atom. The minimum absolute atomic E-state index is 0.156. The quantitative estimate of drug-likeness (QED) is 0.214. The van der Waals surface area contributed by atoms with Crippen LogP contribution in [0.1, 0.15) is 30.3 Å². The van der Waals surface area contributed by atoms with Gasteiger partial charge in [0.1, 0.15) is 29.6 Å². The van der Waals surface area contributed by atoms with Crippen LogP contribution in [0.4, 0.5) is 10.2 Å². The van der Waals surface area contributed by atoms with Crippen LogP contribution in [-0.2, 0) is 13.8 Å². The van der Waals surface area contributed by atoms with Crippen molar-refractivity contribution in [3.63, 3.8) is 0 Å². The molecule has 0 spiro atoms. The van der Waals surface area contributed by atoms with Crippen LogP contribution in [0.5, 0.6) is 0 Å². The fourth-order valence-electron chi connectivity index (χ4n) is 4.20. The molecule has 6 atom stereocenters. The second-order valence-electron chi connectivity index (χ2n) is 8.40. The molecule has 3 heterocycles. The summed E-state index contributed by atoms with van der Waals surface area (Å²) in [6.07, 6.45) is -5.32. The highest BCUT2D eigenvalue weighted by Gasteiger charge is 2.48. The Hall–Kier alpha value is -2.19. The summed E-state index contributed by atoms with van der Waals surface area (Å²) >= 11 is 6.14. The molecular formula is C21H25ClFN4O8P. The van der Waals surface area contributed by atoms with Crippen molar-refractivity contribution < 1.29 is 43.3 Å². The van der Waals surface area contributed by atoms with E-state index < -0.39 is 63.2 Å². The molecule has 1 unspecified atom stereocenters. The first-order chi connectivity index (χ1) is 17.0. The van der Waals surface area contributed by atoms with E-state index in [-0.39, 0.29) is 16.8 Å². The number of nitrogens with one attached hydrogen (secondary N) is 1. The average molecular weight is 547 g/mol. The number of hydrogen-bond acceptors (Lipinski definition) is 9. The molecule has 1 fully saturated rings. The Labute approximate surface area is 209 Å². The van der Waals surface area contributed by atoms with Gasteiger partial charge in [-0.3, -0.25) is 4.52 Å². The van der Waals surface area contributed by atoms with Gasteiger partial charge in [-0.15, -0.1) is 5.10 Å². The molecule has 36 heavy (non-hydrogen) atoms. The predicted octanol–water partition coefficient (Wildman–Crippen LogP) is 1.57. The standard InChI is InChI=1S/C21H25ClFN4O8P/c1-10(12-4-2-3-5-13(12)23)24-20-15-7-6-14(27(15)26-21(22)25-20)19-17(30)16(29)18(35-19)11(8-28)9-34-36(31,32)33/h2-7,10-11,16-19,28-30H,8-9H2,1H3,(H,24,25,26)(H2,31,32,33)/t10-,11?,16-,17+,18+,19-/m0/s1. The summed E-state index contributed by atoms with van der Waals surface area (Å²) in [5.74, 6) is -1.16. The van der Waals surface area contributed by atoms with Crippen LogP contribution in [0.3, 0.4) is 0 Å². The molecule has 1 aliphatic rings. The molecule has 1 aliphatic heterocycles. The van der Waals surface area contributed by atoms with Crippen molar-refractivity contribution in [2.45, 2.75) is 37.4 Å². The molecule has 196 valence electrons. The van der Waals surface area contributed by atoms with Crippen LogP contribution in [0.15, 0.2) is 36.4 Å². The monoisotopic (exact) mass is 546 g/mol. The first-order valence-corrected chi connectivity index (χ1v) is 12.8. The van der Waals surface area contributed by atoms with E-state index in [1.165, 1.54) is 10.6 Å². The van der Waals surface area contributed by atoms with Crippen LogP contribution < -0.4 is 5.32 Å². The fourth-order valence-corrected chi connectivity index (χ4v) is 4.75. The second kappa shape index (κ2) is 10.7. The summed E-state index contributed by atoms with van der Waals surface area (Å²) in [6, 6.07) is 8.97. The lowest BCUT2D eigenvalue weighted by Crippen LogP contribution is -2.39. The van der Waals surface area contributed by atoms with Crippen molar-refractivity contribution in [2.75, 3.05) is 18.5 Å². The van der Waals surface area contributed by atoms with Crippen molar-refractivity contribution in [1.82, 2.24) is 14.6 Å². The Kier molecular flexibility index (Phi) is 7.95. The van der Waals surface area contributed by atoms with Crippen molar-refractivity contribution >= 4 is 30.8 Å². The molecule has 15 heteroatoms. The van der Waals surface area contributed by atoms with Gasteiger partial charge in [0, 0.05) is 11.5 Å². The van der Waals surface area contributed by atoms with Gasteiger partial charge in [-0.05, 0) is 36.7 Å². The lowest BCUT2D eigenvalue weighted by molar-refractivity contribution is -0.0556. The second-order valence-corrected chi connectivity index (χ2v) is 9.98. The van der Waals surface area contributed by atoms with E-state index in [1.807, 2.05) is 0 Å². The molecule has 0 bridgehead atoms. The van der Waals surface area contributed by atoms with Gasteiger partial charge in [0.25, 0.3) is 0 Å². The van der Waals surface area contributed by atoms with Crippen LogP contribution in [0, 0.1) is 11.7 Å². The number of anilines is 1. The van der Waals surface area contributed by atoms with Crippen LogP contribution in [-0.4, -0.2) is 71.2 Å². The fraction of sp³-hybridized carbons (Fsp3) is 0.429. The lowest BCUT2D eigenvalue weighted by atomic mass is 9.97. The van der Waals surface area contributed by atoms with Gasteiger partial charge in [-0.2, -0.15) is 4.98 Å². The van der Waals surface area contributed by atoms with E-state index in [0.717, 1.165) is 0 Å². The summed E-state index contributed by atoms with van der Waals surface area (Å²) < 4.78 is 36.9. The van der Waals surface area contributed by atoms with Crippen molar-refractivity contribution in [3.8, 4) is 0 Å². The van der Waals surface area contributed by atoms with Crippen molar-refractivity contribution in [3.05, 3.63) is 58.8 Å².